The Kier molecular flexibility index (Phi) is 75.0. The normalized spacial score (nSPS) is 24.3. The Morgan fingerprint density at radius 2 is 0.400 bits per heavy atom. The van der Waals surface area contributed by atoms with Gasteiger partial charge in [0.1, 0.15) is 0 Å². The maximum atomic E-state index is 2.61. The van der Waals surface area contributed by atoms with Crippen molar-refractivity contribution in [2.45, 2.75) is 496 Å². The molecule has 0 N–H and O–H groups in total. The third-order valence-electron chi connectivity index (χ3n) is 31.2. The van der Waals surface area contributed by atoms with Gasteiger partial charge in [-0.1, -0.05) is 141 Å². The molecule has 0 saturated carbocycles. The van der Waals surface area contributed by atoms with Crippen molar-refractivity contribution in [1.82, 2.24) is 73.5 Å². The van der Waals surface area contributed by atoms with Gasteiger partial charge in [0.25, 0.3) is 0 Å². The van der Waals surface area contributed by atoms with Crippen molar-refractivity contribution in [3.05, 3.63) is 109 Å². The van der Waals surface area contributed by atoms with E-state index in [1.54, 1.807) is 11.1 Å². The van der Waals surface area contributed by atoms with Gasteiger partial charge in [0, 0.05) is 202 Å². The van der Waals surface area contributed by atoms with Crippen LogP contribution in [0.25, 0.3) is 0 Å². The van der Waals surface area contributed by atoms with Crippen LogP contribution >= 0.6 is 0 Å². The molecule has 822 valence electrons. The van der Waals surface area contributed by atoms with Crippen molar-refractivity contribution in [3.8, 4) is 0 Å². The molecule has 0 aromatic heterocycles. The average molecular weight is 1960 g/mol. The van der Waals surface area contributed by atoms with E-state index < -0.39 is 0 Å². The lowest BCUT2D eigenvalue weighted by Crippen LogP contribution is -2.41. The number of allylic oxidation sites excluding steroid dienone is 5. The summed E-state index contributed by atoms with van der Waals surface area (Å²) in [5.41, 5.74) is 3.35. The van der Waals surface area contributed by atoms with Crippen molar-refractivity contribution >= 4 is 0 Å². The van der Waals surface area contributed by atoms with Crippen molar-refractivity contribution < 1.29 is 0 Å². The quantitative estimate of drug-likeness (QED) is 0.109. The molecule has 15 nitrogen and oxygen atoms in total. The summed E-state index contributed by atoms with van der Waals surface area (Å²) in [6, 6.07) is 10.1. The molecule has 0 aromatic rings. The molecule has 10 aliphatic heterocycles. The second kappa shape index (κ2) is 78.3. The molecule has 10 aliphatic rings. The fourth-order valence-corrected chi connectivity index (χ4v) is 20.3. The van der Waals surface area contributed by atoms with Gasteiger partial charge in [-0.2, -0.15) is 0 Å². The lowest BCUT2D eigenvalue weighted by Gasteiger charge is -2.34. The van der Waals surface area contributed by atoms with E-state index in [2.05, 4.69) is 448 Å². The predicted octanol–water partition coefficient (Wildman–Crippen LogP) is 29.1. The fraction of sp³-hybridized carbons (Fsp3) is 0.856. The highest BCUT2D eigenvalue weighted by Crippen LogP contribution is 2.29. The lowest BCUT2D eigenvalue weighted by atomic mass is 9.87. The summed E-state index contributed by atoms with van der Waals surface area (Å²) in [7, 11) is 0. The van der Waals surface area contributed by atoms with E-state index in [0.717, 1.165) is 92.2 Å². The van der Waals surface area contributed by atoms with E-state index >= 15 is 0 Å². The third kappa shape index (κ3) is 61.8. The van der Waals surface area contributed by atoms with Crippen LogP contribution in [0.1, 0.15) is 405 Å². The van der Waals surface area contributed by atoms with E-state index in [9.17, 15) is 0 Å². The predicted molar refractivity (Wildman–Crippen MR) is 629 cm³/mol. The van der Waals surface area contributed by atoms with Crippen LogP contribution in [0.4, 0.5) is 0 Å². The molecule has 1 saturated heterocycles. The largest absolute Gasteiger partial charge is 0.375 e. The molecule has 3 unspecified atom stereocenters. The highest BCUT2D eigenvalue weighted by molar-refractivity contribution is 5.08. The summed E-state index contributed by atoms with van der Waals surface area (Å²) in [5.74, 6) is 6.60. The van der Waals surface area contributed by atoms with E-state index in [4.69, 9.17) is 0 Å². The van der Waals surface area contributed by atoms with Crippen LogP contribution in [0, 0.1) is 47.3 Å². The molecule has 0 spiro atoms. The Balaban J connectivity index is 0.000000778. The average Bonchev–Trinajstić information content (AvgIpc) is 0.958. The lowest BCUT2D eigenvalue weighted by molar-refractivity contribution is 0.139. The summed E-state index contributed by atoms with van der Waals surface area (Å²) >= 11 is 0. The Labute approximate surface area is 877 Å². The molecule has 15 heteroatoms. The maximum absolute atomic E-state index is 2.61. The van der Waals surface area contributed by atoms with E-state index in [0.29, 0.717) is 78.5 Å². The topological polar surface area (TPSA) is 48.6 Å². The first-order valence-electron chi connectivity index (χ1n) is 59.3. The molecule has 140 heavy (non-hydrogen) atoms. The van der Waals surface area contributed by atoms with Gasteiger partial charge >= 0.3 is 0 Å². The number of nitrogens with zero attached hydrogens (tertiary/aromatic N) is 15. The van der Waals surface area contributed by atoms with Gasteiger partial charge in [-0.15, -0.1) is 0 Å². The minimum atomic E-state index is 0.636. The van der Waals surface area contributed by atoms with Gasteiger partial charge in [-0.3, -0.25) is 24.5 Å². The second-order valence-corrected chi connectivity index (χ2v) is 48.8. The van der Waals surface area contributed by atoms with E-state index in [1.807, 2.05) is 0 Å². The van der Waals surface area contributed by atoms with Gasteiger partial charge < -0.3 is 49.0 Å². The fourth-order valence-electron chi connectivity index (χ4n) is 20.3. The van der Waals surface area contributed by atoms with Crippen molar-refractivity contribution in [2.24, 2.45) is 47.3 Å². The molecule has 0 radical (unpaired) electrons. The van der Waals surface area contributed by atoms with Gasteiger partial charge in [0.05, 0.1) is 0 Å². The summed E-state index contributed by atoms with van der Waals surface area (Å²) in [6.45, 7) is 121. The van der Waals surface area contributed by atoms with Crippen LogP contribution in [0.5, 0.6) is 0 Å². The van der Waals surface area contributed by atoms with Crippen molar-refractivity contribution in [3.63, 3.8) is 0 Å². The number of rotatable bonds is 20. The van der Waals surface area contributed by atoms with Gasteiger partial charge in [0.15, 0.2) is 0 Å². The molecule has 0 aromatic carbocycles. The summed E-state index contributed by atoms with van der Waals surface area (Å²) in [4.78, 5) is 37.7. The first-order chi connectivity index (χ1) is 66.1. The Bertz CT molecular complexity index is 2730. The highest BCUT2D eigenvalue weighted by atomic mass is 15.2. The van der Waals surface area contributed by atoms with E-state index in [-0.39, 0.29) is 0 Å². The van der Waals surface area contributed by atoms with Crippen molar-refractivity contribution in [2.75, 3.05) is 157 Å². The third-order valence-corrected chi connectivity index (χ3v) is 31.2. The first-order valence-corrected chi connectivity index (χ1v) is 59.3. The Hall–Kier alpha value is -3.90. The van der Waals surface area contributed by atoms with Crippen LogP contribution in [-0.2, 0) is 0 Å². The number of hydrogen-bond donors (Lipinski definition) is 0. The first kappa shape index (κ1) is 134. The van der Waals surface area contributed by atoms with Gasteiger partial charge in [-0.25, -0.2) is 0 Å². The van der Waals surface area contributed by atoms with Gasteiger partial charge in [0.2, 0.25) is 0 Å². The maximum Gasteiger partial charge on any atom is 0.0227 e. The minimum absolute atomic E-state index is 0.636. The molecule has 1 fully saturated rings. The van der Waals surface area contributed by atoms with Crippen LogP contribution < -0.4 is 0 Å². The molecular formula is C125H247N15. The molecule has 0 aliphatic carbocycles. The smallest absolute Gasteiger partial charge is 0.0227 e. The summed E-state index contributed by atoms with van der Waals surface area (Å²) < 4.78 is 0. The molecule has 10 heterocycles. The highest BCUT2D eigenvalue weighted by Gasteiger charge is 2.24. The minimum Gasteiger partial charge on any atom is -0.375 e. The summed E-state index contributed by atoms with van der Waals surface area (Å²) in [6.07, 6.45) is 63.6. The van der Waals surface area contributed by atoms with Crippen LogP contribution in [-0.4, -0.2) is 321 Å². The zero-order valence-corrected chi connectivity index (χ0v) is 101. The zero-order chi connectivity index (χ0) is 106. The Morgan fingerprint density at radius 3 is 0.636 bits per heavy atom. The SMILES string of the molecule is CC(C)/C1=C/CCN(C(C)C)CCC1.CC(C)/C1=C/CCN(C(C)C)CCC1.CC(C)C1/C=C\CN(C(C)C)CCC1.CC(C)C1C/C=C\N(C(C)C)CCC1.CC(C)C1C/C=C\N(C(C)C)CCC1.CC(C)N1/C=C\CN(C(C)C)CCC1.CC(C)N1/C=C\CN(C(C)C)CCC1.CC(C)N1/C=C\CN(C(C)C)CCC1.CC(C)N1/C=C\CN(C(C)C)CCC1.CC(C)N1CCCN(C(C)C)CCC1. The number of hydrogen-bond acceptors (Lipinski definition) is 15. The Morgan fingerprint density at radius 1 is 0.193 bits per heavy atom. The summed E-state index contributed by atoms with van der Waals surface area (Å²) in [5, 5.41) is 0. The van der Waals surface area contributed by atoms with Crippen LogP contribution in [0.15, 0.2) is 109 Å². The molecule has 3 atom stereocenters. The monoisotopic (exact) mass is 1960 g/mol. The zero-order valence-electron chi connectivity index (χ0n) is 101. The molecule has 10 rings (SSSR count). The van der Waals surface area contributed by atoms with Gasteiger partial charge in [-0.05, 0) is 466 Å². The van der Waals surface area contributed by atoms with E-state index in [1.165, 1.54) is 253 Å². The van der Waals surface area contributed by atoms with Crippen molar-refractivity contribution in [1.29, 1.82) is 0 Å². The molecule has 0 bridgehead atoms. The molecule has 0 amide bonds. The van der Waals surface area contributed by atoms with Crippen LogP contribution in [0.2, 0.25) is 0 Å². The second-order valence-electron chi connectivity index (χ2n) is 48.8. The van der Waals surface area contributed by atoms with Crippen LogP contribution in [0.3, 0.4) is 0 Å². The standard InChI is InChI=1S/5C13H25N.C12H26N2.4C12H24N2/c10*1-11(2)13-7-5-9-14(12(3)4)10-6-8-13/h2*7,11-12H,5-6,8-10H2,1-4H3;2*5,9,11-13H,6-8,10H2,1-4H3;5,7,11-13H,6,8-10H2,1-4H3;11-12H,5-10H2,1-4H3;4*5,7,11-12H,6,8-10H2,1-4H3/b2*13-7+;2*9-5-;7-5-;;4*7-5-. The molecular weight excluding hydrogens is 1710 g/mol.